The van der Waals surface area contributed by atoms with Crippen molar-refractivity contribution in [2.75, 3.05) is 68.2 Å². The van der Waals surface area contributed by atoms with E-state index in [0.717, 1.165) is 106 Å². The molecule has 0 unspecified atom stereocenters. The number of methoxy groups -OCH3 is 2. The molecule has 1 saturated heterocycles. The summed E-state index contributed by atoms with van der Waals surface area (Å²) in [7, 11) is 3.26. The van der Waals surface area contributed by atoms with Gasteiger partial charge in [0.1, 0.15) is 43.2 Å². The van der Waals surface area contributed by atoms with Gasteiger partial charge in [0.25, 0.3) is 0 Å². The number of carbonyl (C=O) groups excluding carboxylic acids is 7. The summed E-state index contributed by atoms with van der Waals surface area (Å²) >= 11 is 5.59. The number of carbonyl (C=O) groups is 7. The Hall–Kier alpha value is -6.67. The number of aromatic carboxylic acids is 1. The Kier molecular flexibility index (Phi) is 42.5. The molecule has 0 N–H and O–H groups in total. The molecule has 4 aromatic carbocycles. The molecule has 3 fully saturated rings. The van der Waals surface area contributed by atoms with Crippen molar-refractivity contribution in [1.29, 1.82) is 0 Å². The molecule has 438 valence electrons. The van der Waals surface area contributed by atoms with Crippen LogP contribution in [0.25, 0.3) is 0 Å². The molecule has 0 amide bonds. The molecule has 80 heavy (non-hydrogen) atoms. The van der Waals surface area contributed by atoms with Crippen molar-refractivity contribution in [2.24, 2.45) is 5.92 Å². The Morgan fingerprint density at radius 2 is 1.07 bits per heavy atom. The van der Waals surface area contributed by atoms with Gasteiger partial charge in [0.15, 0.2) is 12.5 Å². The van der Waals surface area contributed by atoms with Gasteiger partial charge in [-0.3, -0.25) is 24.0 Å². The normalized spacial score (nSPS) is 12.4. The largest absolute Gasteiger partial charge is 2.00 e. The number of halogens is 1. The van der Waals surface area contributed by atoms with Crippen LogP contribution in [0.15, 0.2) is 103 Å². The van der Waals surface area contributed by atoms with Crippen molar-refractivity contribution in [3.05, 3.63) is 157 Å². The molecule has 8 rings (SSSR count). The second kappa shape index (κ2) is 45.1. The first-order valence-corrected chi connectivity index (χ1v) is 27.2. The Morgan fingerprint density at radius 3 is 1.49 bits per heavy atom. The minimum Gasteiger partial charge on any atom is -0.545 e. The summed E-state index contributed by atoms with van der Waals surface area (Å²) in [6, 6.07) is 28.2. The Bertz CT molecular complexity index is 2480. The van der Waals surface area contributed by atoms with E-state index in [9.17, 15) is 38.7 Å². The van der Waals surface area contributed by atoms with Crippen LogP contribution < -0.4 is 33.8 Å². The number of carboxylic acid groups (broad SMARTS) is 1. The molecule has 3 aliphatic rings. The van der Waals surface area contributed by atoms with Gasteiger partial charge in [0.2, 0.25) is 12.0 Å². The van der Waals surface area contributed by atoms with E-state index in [0.29, 0.717) is 58.3 Å². The van der Waals surface area contributed by atoms with E-state index in [1.54, 1.807) is 68.8 Å². The zero-order valence-electron chi connectivity index (χ0n) is 48.7. The number of ether oxygens (including phenoxy) is 2. The molecule has 2 heterocycles. The number of hydrogen-bond donors (Lipinski definition) is 0. The Labute approximate surface area is 493 Å². The molecule has 5 aromatic rings. The average molecular weight is 1160 g/mol. The standard InChI is InChI=1S/C12H15NO3.C12H15NO2.C12H17NO2.C8H10NO.C7H5ClO.C6H10O.C5H10.2CH3.Fe/c1-3-13(4-2)11-6-5-9(8-14)7-10(11)12(15)16;1-15-12-8-10(9-14)4-5-11(12)13-6-2-3-7-13;1-4-13(5-2)11-7-6-10(9-14)8-12(11)15-3;1-2-9-6-4-3-5-8(9)7-10;8-7-4-2-1-3-6(7)5-9;7-5-6-3-1-2-4-6;1-2-4-5-3-1;;;/h5-8H,3-4H2,1-2H3,(H,15,16);4-5,8-9H,2-3,6-7H2,1H3;6-9H,4-5H2,1-3H3;3-7H,2H2,1H3;1-5H;5-6H,1-4H2;1-5H2;2*1H3;/q;;;+1;;;;2*-1;+2/p-1. The second-order valence-electron chi connectivity index (χ2n) is 17.9. The van der Waals surface area contributed by atoms with Crippen molar-refractivity contribution >= 4 is 72.3 Å². The summed E-state index contributed by atoms with van der Waals surface area (Å²) in [6.45, 7) is 16.3. The van der Waals surface area contributed by atoms with Crippen LogP contribution in [0.2, 0.25) is 5.02 Å². The molecule has 16 heteroatoms. The van der Waals surface area contributed by atoms with Gasteiger partial charge in [-0.05, 0) is 127 Å². The molecule has 0 atom stereocenters. The maximum atomic E-state index is 11.0. The summed E-state index contributed by atoms with van der Waals surface area (Å²) in [6.07, 6.45) is 21.7. The van der Waals surface area contributed by atoms with Crippen LogP contribution in [0, 0.1) is 20.8 Å². The van der Waals surface area contributed by atoms with Gasteiger partial charge in [-0.2, -0.15) is 4.57 Å². The predicted molar refractivity (Wildman–Crippen MR) is 320 cm³/mol. The number of nitrogens with zero attached hydrogens (tertiary/aromatic N) is 4. The van der Waals surface area contributed by atoms with E-state index in [2.05, 4.69) is 23.6 Å². The maximum absolute atomic E-state index is 11.0. The molecule has 0 spiro atoms. The summed E-state index contributed by atoms with van der Waals surface area (Å²) in [4.78, 5) is 79.7. The number of aromatic nitrogens is 1. The Morgan fingerprint density at radius 1 is 0.600 bits per heavy atom. The van der Waals surface area contributed by atoms with Crippen LogP contribution in [0.5, 0.6) is 11.5 Å². The summed E-state index contributed by atoms with van der Waals surface area (Å²) in [5.41, 5.74) is 5.70. The number of carboxylic acids is 1. The fourth-order valence-corrected chi connectivity index (χ4v) is 8.82. The number of rotatable bonds is 17. The van der Waals surface area contributed by atoms with Crippen LogP contribution in [-0.4, -0.2) is 97.2 Å². The third-order valence-corrected chi connectivity index (χ3v) is 13.4. The monoisotopic (exact) mass is 1160 g/mol. The summed E-state index contributed by atoms with van der Waals surface area (Å²) in [5, 5.41) is 11.5. The first kappa shape index (κ1) is 75.4. The van der Waals surface area contributed by atoms with Gasteiger partial charge in [-0.1, -0.05) is 74.7 Å². The van der Waals surface area contributed by atoms with Crippen molar-refractivity contribution in [3.8, 4) is 11.5 Å². The van der Waals surface area contributed by atoms with Gasteiger partial charge >= 0.3 is 17.1 Å². The van der Waals surface area contributed by atoms with Crippen LogP contribution >= 0.6 is 11.6 Å². The molecule has 0 bridgehead atoms. The molecule has 2 saturated carbocycles. The minimum absolute atomic E-state index is 0. The third-order valence-electron chi connectivity index (χ3n) is 13.0. The van der Waals surface area contributed by atoms with E-state index in [1.807, 2.05) is 72.8 Å². The number of benzene rings is 4. The van der Waals surface area contributed by atoms with Gasteiger partial charge in [-0.15, -0.1) is 0 Å². The quantitative estimate of drug-likeness (QED) is 0.0373. The van der Waals surface area contributed by atoms with E-state index in [1.165, 1.54) is 63.9 Å². The van der Waals surface area contributed by atoms with Crippen LogP contribution in [0.3, 0.4) is 0 Å². The van der Waals surface area contributed by atoms with Gasteiger partial charge < -0.3 is 53.7 Å². The maximum Gasteiger partial charge on any atom is 2.00 e. The molecular weight excluding hydrogens is 1080 g/mol. The van der Waals surface area contributed by atoms with Crippen molar-refractivity contribution in [1.82, 2.24) is 0 Å². The van der Waals surface area contributed by atoms with Crippen LogP contribution in [0.4, 0.5) is 17.1 Å². The van der Waals surface area contributed by atoms with E-state index in [4.69, 9.17) is 21.1 Å². The minimum atomic E-state index is -1.26. The summed E-state index contributed by atoms with van der Waals surface area (Å²) in [5.74, 6) is 0.704. The van der Waals surface area contributed by atoms with Crippen LogP contribution in [-0.2, 0) is 28.4 Å². The molecule has 1 aliphatic heterocycles. The van der Waals surface area contributed by atoms with Gasteiger partial charge in [0, 0.05) is 90.8 Å². The number of hydrogen-bond acceptors (Lipinski definition) is 13. The number of aldehydes is 6. The predicted octanol–water partition coefficient (Wildman–Crippen LogP) is 12.4. The topological polar surface area (TPSA) is 175 Å². The Balaban J connectivity index is 0. The fraction of sp³-hybridized carbons (Fsp3) is 0.406. The first-order valence-electron chi connectivity index (χ1n) is 26.8. The molecular formula is C64H87ClFeN4O10. The van der Waals surface area contributed by atoms with Crippen molar-refractivity contribution < 1.29 is 69.8 Å². The van der Waals surface area contributed by atoms with E-state index in [-0.39, 0.29) is 37.5 Å². The van der Waals surface area contributed by atoms with Crippen molar-refractivity contribution in [2.45, 2.75) is 112 Å². The fourth-order valence-electron chi connectivity index (χ4n) is 8.64. The second-order valence-corrected chi connectivity index (χ2v) is 18.3. The van der Waals surface area contributed by atoms with E-state index < -0.39 is 5.97 Å². The molecule has 0 radical (unpaired) electrons. The van der Waals surface area contributed by atoms with E-state index >= 15 is 0 Å². The number of pyridine rings is 1. The zero-order chi connectivity index (χ0) is 56.8. The van der Waals surface area contributed by atoms with Gasteiger partial charge in [-0.25, -0.2) is 0 Å². The van der Waals surface area contributed by atoms with Gasteiger partial charge in [0.05, 0.1) is 36.6 Å². The smallest absolute Gasteiger partial charge is 0.545 e. The van der Waals surface area contributed by atoms with Crippen molar-refractivity contribution in [3.63, 3.8) is 0 Å². The number of anilines is 3. The SMILES string of the molecule is C1CCCC1.CCN(CC)c1ccc(C=O)cc1C(=O)[O-].CCN(CC)c1ccc(C=O)cc1OC.CC[n+]1ccccc1C=O.COc1cc(C=O)ccc1N1CCCC1.O=CC1CCCC1.O=Cc1ccccc1Cl.[CH3-].[CH3-].[Fe+2]. The number of aryl methyl sites for hydroxylation is 1. The first-order chi connectivity index (χ1) is 37.4. The zero-order valence-corrected chi connectivity index (χ0v) is 50.5. The summed E-state index contributed by atoms with van der Waals surface area (Å²) < 4.78 is 12.5. The van der Waals surface area contributed by atoms with Crippen LogP contribution in [0.1, 0.15) is 168 Å². The molecule has 1 aromatic heterocycles. The average Bonchev–Trinajstić information content (AvgIpc) is 4.35. The third kappa shape index (κ3) is 26.5. The molecule has 2 aliphatic carbocycles. The molecule has 14 nitrogen and oxygen atoms in total.